The summed E-state index contributed by atoms with van der Waals surface area (Å²) in [4.78, 5) is 38.0. The van der Waals surface area contributed by atoms with Crippen LogP contribution in [0.5, 0.6) is 5.88 Å². The molecule has 0 aliphatic carbocycles. The molecular weight excluding hydrogens is 396 g/mol. The molecule has 31 heavy (non-hydrogen) atoms. The average molecular weight is 420 g/mol. The summed E-state index contributed by atoms with van der Waals surface area (Å²) in [6.45, 7) is 5.00. The topological polar surface area (TPSA) is 93.5 Å². The molecule has 0 spiro atoms. The fraction of sp³-hybridized carbons (Fsp3) is 0.318. The second-order valence-corrected chi connectivity index (χ2v) is 7.91. The van der Waals surface area contributed by atoms with E-state index in [9.17, 15) is 9.59 Å². The number of ether oxygens (including phenoxy) is 1. The van der Waals surface area contributed by atoms with Gasteiger partial charge in [-0.1, -0.05) is 24.3 Å². The molecule has 3 heterocycles. The van der Waals surface area contributed by atoms with Gasteiger partial charge in [-0.15, -0.1) is 5.10 Å². The van der Waals surface area contributed by atoms with Gasteiger partial charge in [0.1, 0.15) is 12.0 Å². The van der Waals surface area contributed by atoms with Crippen LogP contribution in [0.2, 0.25) is 0 Å². The third kappa shape index (κ3) is 4.11. The van der Waals surface area contributed by atoms with E-state index in [1.54, 1.807) is 32.7 Å². The Kier molecular flexibility index (Phi) is 5.41. The molecule has 1 aliphatic rings. The molecule has 9 heteroatoms. The first kappa shape index (κ1) is 20.5. The second-order valence-electron chi connectivity index (χ2n) is 7.91. The van der Waals surface area contributed by atoms with E-state index in [2.05, 4.69) is 15.1 Å². The number of rotatable bonds is 4. The van der Waals surface area contributed by atoms with Crippen molar-refractivity contribution in [2.45, 2.75) is 19.4 Å². The molecule has 1 aromatic carbocycles. The smallest absolute Gasteiger partial charge is 0.294 e. The van der Waals surface area contributed by atoms with E-state index >= 15 is 0 Å². The predicted octanol–water partition coefficient (Wildman–Crippen LogP) is 2.05. The Bertz CT molecular complexity index is 1100. The average Bonchev–Trinajstić information content (AvgIpc) is 3.28. The van der Waals surface area contributed by atoms with Gasteiger partial charge in [-0.25, -0.2) is 14.6 Å². The molecule has 0 unspecified atom stereocenters. The third-order valence-corrected chi connectivity index (χ3v) is 5.29. The molecule has 0 radical (unpaired) electrons. The first-order valence-corrected chi connectivity index (χ1v) is 9.98. The SMILES string of the molecule is COc1cccc(C(=O)N2CCN(C(=O)c3ncn(-c4ccccc4)n3)C(C)(C)C2)n1. The lowest BCUT2D eigenvalue weighted by molar-refractivity contribution is 0.0158. The lowest BCUT2D eigenvalue weighted by atomic mass is 9.98. The molecule has 2 amide bonds. The molecule has 9 nitrogen and oxygen atoms in total. The molecular formula is C22H24N6O3. The van der Waals surface area contributed by atoms with Gasteiger partial charge in [0, 0.05) is 25.7 Å². The van der Waals surface area contributed by atoms with Crippen LogP contribution in [-0.2, 0) is 0 Å². The number of methoxy groups -OCH3 is 1. The largest absolute Gasteiger partial charge is 0.481 e. The fourth-order valence-corrected chi connectivity index (χ4v) is 3.70. The molecule has 2 aromatic heterocycles. The quantitative estimate of drug-likeness (QED) is 0.641. The summed E-state index contributed by atoms with van der Waals surface area (Å²) in [6.07, 6.45) is 1.53. The number of pyridine rings is 1. The second kappa shape index (κ2) is 8.17. The molecule has 0 saturated carbocycles. The summed E-state index contributed by atoms with van der Waals surface area (Å²) in [7, 11) is 1.51. The highest BCUT2D eigenvalue weighted by atomic mass is 16.5. The molecule has 3 aromatic rings. The van der Waals surface area contributed by atoms with Gasteiger partial charge in [0.05, 0.1) is 18.3 Å². The monoisotopic (exact) mass is 420 g/mol. The maximum absolute atomic E-state index is 13.1. The minimum absolute atomic E-state index is 0.131. The normalized spacial score (nSPS) is 15.6. The van der Waals surface area contributed by atoms with Gasteiger partial charge in [0.25, 0.3) is 11.8 Å². The van der Waals surface area contributed by atoms with Crippen molar-refractivity contribution in [1.29, 1.82) is 0 Å². The number of hydrogen-bond donors (Lipinski definition) is 0. The Hall–Kier alpha value is -3.75. The molecule has 0 bridgehead atoms. The molecule has 1 fully saturated rings. The van der Waals surface area contributed by atoms with Gasteiger partial charge in [-0.2, -0.15) is 0 Å². The van der Waals surface area contributed by atoms with Gasteiger partial charge in [-0.3, -0.25) is 9.59 Å². The Balaban J connectivity index is 1.49. The molecule has 1 aliphatic heterocycles. The van der Waals surface area contributed by atoms with E-state index in [-0.39, 0.29) is 17.6 Å². The molecule has 0 atom stereocenters. The van der Waals surface area contributed by atoms with Gasteiger partial charge >= 0.3 is 0 Å². The Morgan fingerprint density at radius 3 is 2.48 bits per heavy atom. The number of hydrogen-bond acceptors (Lipinski definition) is 6. The van der Waals surface area contributed by atoms with Crippen LogP contribution in [0.1, 0.15) is 35.0 Å². The van der Waals surface area contributed by atoms with E-state index < -0.39 is 5.54 Å². The van der Waals surface area contributed by atoms with Crippen molar-refractivity contribution in [3.05, 3.63) is 66.4 Å². The Morgan fingerprint density at radius 2 is 1.77 bits per heavy atom. The van der Waals surface area contributed by atoms with E-state index in [1.807, 2.05) is 44.2 Å². The number of benzene rings is 1. The van der Waals surface area contributed by atoms with Crippen LogP contribution >= 0.6 is 0 Å². The van der Waals surface area contributed by atoms with Crippen LogP contribution < -0.4 is 4.74 Å². The van der Waals surface area contributed by atoms with Crippen molar-refractivity contribution >= 4 is 11.8 Å². The molecule has 0 N–H and O–H groups in total. The summed E-state index contributed by atoms with van der Waals surface area (Å²) in [5.74, 6) is 0.0713. The van der Waals surface area contributed by atoms with Crippen LogP contribution in [-0.4, -0.2) is 73.6 Å². The van der Waals surface area contributed by atoms with Crippen molar-refractivity contribution in [2.24, 2.45) is 0 Å². The van der Waals surface area contributed by atoms with Gasteiger partial charge < -0.3 is 14.5 Å². The van der Waals surface area contributed by atoms with E-state index in [0.717, 1.165) is 5.69 Å². The summed E-state index contributed by atoms with van der Waals surface area (Å²) >= 11 is 0. The standard InChI is InChI=1S/C22H24N6O3/c1-22(2)14-26(20(29)17-10-7-11-18(24-17)31-3)12-13-27(22)21(30)19-23-15-28(25-19)16-8-5-4-6-9-16/h4-11,15H,12-14H2,1-3H3. The summed E-state index contributed by atoms with van der Waals surface area (Å²) in [5, 5.41) is 4.35. The van der Waals surface area contributed by atoms with Crippen molar-refractivity contribution < 1.29 is 14.3 Å². The van der Waals surface area contributed by atoms with Crippen LogP contribution in [0.3, 0.4) is 0 Å². The van der Waals surface area contributed by atoms with Crippen molar-refractivity contribution in [3.63, 3.8) is 0 Å². The van der Waals surface area contributed by atoms with Crippen molar-refractivity contribution in [3.8, 4) is 11.6 Å². The van der Waals surface area contributed by atoms with Crippen LogP contribution in [0, 0.1) is 0 Å². The summed E-state index contributed by atoms with van der Waals surface area (Å²) in [5.41, 5.74) is 0.551. The zero-order chi connectivity index (χ0) is 22.0. The first-order chi connectivity index (χ1) is 14.9. The fourth-order valence-electron chi connectivity index (χ4n) is 3.70. The highest BCUT2D eigenvalue weighted by molar-refractivity contribution is 5.94. The highest BCUT2D eigenvalue weighted by Crippen LogP contribution is 2.24. The van der Waals surface area contributed by atoms with E-state index in [4.69, 9.17) is 4.74 Å². The highest BCUT2D eigenvalue weighted by Gasteiger charge is 2.40. The number of para-hydroxylation sites is 1. The minimum atomic E-state index is -0.595. The molecule has 160 valence electrons. The zero-order valence-electron chi connectivity index (χ0n) is 17.7. The lowest BCUT2D eigenvalue weighted by Crippen LogP contribution is -2.62. The number of piperazine rings is 1. The van der Waals surface area contributed by atoms with Gasteiger partial charge in [0.15, 0.2) is 0 Å². The predicted molar refractivity (Wildman–Crippen MR) is 113 cm³/mol. The molecule has 1 saturated heterocycles. The number of amides is 2. The van der Waals surface area contributed by atoms with Gasteiger partial charge in [-0.05, 0) is 32.0 Å². The Labute approximate surface area is 180 Å². The maximum Gasteiger partial charge on any atom is 0.294 e. The summed E-state index contributed by atoms with van der Waals surface area (Å²) in [6, 6.07) is 14.6. The van der Waals surface area contributed by atoms with Crippen LogP contribution in [0.25, 0.3) is 5.69 Å². The van der Waals surface area contributed by atoms with E-state index in [0.29, 0.717) is 31.2 Å². The van der Waals surface area contributed by atoms with Crippen molar-refractivity contribution in [1.82, 2.24) is 29.5 Å². The molecule has 4 rings (SSSR count). The first-order valence-electron chi connectivity index (χ1n) is 9.98. The minimum Gasteiger partial charge on any atom is -0.481 e. The number of carbonyl (C=O) groups excluding carboxylic acids is 2. The lowest BCUT2D eigenvalue weighted by Gasteiger charge is -2.46. The van der Waals surface area contributed by atoms with Crippen molar-refractivity contribution in [2.75, 3.05) is 26.7 Å². The Morgan fingerprint density at radius 1 is 1.00 bits per heavy atom. The van der Waals surface area contributed by atoms with Gasteiger partial charge in [0.2, 0.25) is 11.7 Å². The number of nitrogens with zero attached hydrogens (tertiary/aromatic N) is 6. The zero-order valence-corrected chi connectivity index (χ0v) is 17.7. The van der Waals surface area contributed by atoms with Crippen LogP contribution in [0.4, 0.5) is 0 Å². The van der Waals surface area contributed by atoms with Crippen LogP contribution in [0.15, 0.2) is 54.9 Å². The third-order valence-electron chi connectivity index (χ3n) is 5.29. The number of aromatic nitrogens is 4. The number of carbonyl (C=O) groups is 2. The summed E-state index contributed by atoms with van der Waals surface area (Å²) < 4.78 is 6.69. The van der Waals surface area contributed by atoms with E-state index in [1.165, 1.54) is 13.4 Å². The maximum atomic E-state index is 13.1.